The number of ether oxygens (including phenoxy) is 2. The van der Waals surface area contributed by atoms with Crippen LogP contribution in [-0.4, -0.2) is 70.1 Å². The van der Waals surface area contributed by atoms with Gasteiger partial charge in [0.15, 0.2) is 0 Å². The van der Waals surface area contributed by atoms with Crippen molar-refractivity contribution in [1.29, 1.82) is 0 Å². The number of nitrogens with zero attached hydrogens (tertiary/aromatic N) is 2. The van der Waals surface area contributed by atoms with E-state index >= 15 is 0 Å². The topological polar surface area (TPSA) is 67.2 Å². The molecule has 0 aliphatic carbocycles. The summed E-state index contributed by atoms with van der Waals surface area (Å²) >= 11 is 1.57. The molecular formula is C25H28FN3O4S. The highest BCUT2D eigenvalue weighted by molar-refractivity contribution is 7.99. The molecule has 1 saturated heterocycles. The van der Waals surface area contributed by atoms with Gasteiger partial charge in [-0.05, 0) is 24.3 Å². The Hall–Kier alpha value is -2.75. The van der Waals surface area contributed by atoms with Gasteiger partial charge in [-0.15, -0.1) is 0 Å². The number of hydrogen-bond donors (Lipinski definition) is 1. The van der Waals surface area contributed by atoms with Gasteiger partial charge >= 0.3 is 0 Å². The molecule has 0 bridgehead atoms. The molecular weight excluding hydrogens is 457 g/mol. The van der Waals surface area contributed by atoms with Gasteiger partial charge in [0.25, 0.3) is 5.91 Å². The number of nitrogens with one attached hydrogen (secondary N) is 1. The molecule has 2 aliphatic rings. The molecule has 3 aromatic rings. The molecule has 3 heterocycles. The van der Waals surface area contributed by atoms with Crippen molar-refractivity contribution in [2.75, 3.05) is 57.5 Å². The molecule has 2 aliphatic heterocycles. The molecule has 1 unspecified atom stereocenters. The van der Waals surface area contributed by atoms with Crippen molar-refractivity contribution < 1.29 is 23.1 Å². The number of furan rings is 1. The molecule has 0 saturated carbocycles. The third kappa shape index (κ3) is 4.12. The first-order chi connectivity index (χ1) is 16.5. The molecule has 1 amide bonds. The summed E-state index contributed by atoms with van der Waals surface area (Å²) in [6, 6.07) is 7.93. The second kappa shape index (κ2) is 9.48. The summed E-state index contributed by atoms with van der Waals surface area (Å²) in [5.74, 6) is 0.629. The van der Waals surface area contributed by atoms with Gasteiger partial charge in [-0.2, -0.15) is 0 Å². The monoisotopic (exact) mass is 485 g/mol. The van der Waals surface area contributed by atoms with Crippen LogP contribution in [0.2, 0.25) is 0 Å². The van der Waals surface area contributed by atoms with E-state index in [-0.39, 0.29) is 17.8 Å². The fourth-order valence-electron chi connectivity index (χ4n) is 4.72. The first-order valence-electron chi connectivity index (χ1n) is 11.3. The van der Waals surface area contributed by atoms with E-state index in [4.69, 9.17) is 13.9 Å². The van der Waals surface area contributed by atoms with Crippen molar-refractivity contribution in [3.8, 4) is 17.1 Å². The predicted molar refractivity (Wildman–Crippen MR) is 132 cm³/mol. The zero-order valence-electron chi connectivity index (χ0n) is 19.5. The van der Waals surface area contributed by atoms with E-state index < -0.39 is 0 Å². The Kier molecular flexibility index (Phi) is 6.42. The van der Waals surface area contributed by atoms with Crippen molar-refractivity contribution in [1.82, 2.24) is 10.2 Å². The Balaban J connectivity index is 1.65. The highest BCUT2D eigenvalue weighted by Gasteiger charge is 2.35. The predicted octanol–water partition coefficient (Wildman–Crippen LogP) is 3.95. The van der Waals surface area contributed by atoms with Crippen molar-refractivity contribution in [2.45, 2.75) is 12.5 Å². The Morgan fingerprint density at radius 1 is 1.26 bits per heavy atom. The summed E-state index contributed by atoms with van der Waals surface area (Å²) in [5, 5.41) is 3.51. The Morgan fingerprint density at radius 3 is 2.68 bits per heavy atom. The van der Waals surface area contributed by atoms with Crippen LogP contribution in [-0.2, 0) is 11.2 Å². The van der Waals surface area contributed by atoms with Gasteiger partial charge in [0, 0.05) is 69.0 Å². The molecule has 5 rings (SSSR count). The van der Waals surface area contributed by atoms with Crippen LogP contribution in [0.4, 0.5) is 10.1 Å². The second-order valence-corrected chi connectivity index (χ2v) is 9.42. The lowest BCUT2D eigenvalue weighted by molar-refractivity contribution is 0.0223. The fraction of sp³-hybridized carbons (Fsp3) is 0.400. The summed E-state index contributed by atoms with van der Waals surface area (Å²) in [6.45, 7) is 4.02. The van der Waals surface area contributed by atoms with Crippen LogP contribution in [0.5, 0.6) is 5.75 Å². The maximum atomic E-state index is 13.6. The Morgan fingerprint density at radius 2 is 2.00 bits per heavy atom. The van der Waals surface area contributed by atoms with E-state index in [9.17, 15) is 9.18 Å². The van der Waals surface area contributed by atoms with Gasteiger partial charge in [0.1, 0.15) is 29.0 Å². The van der Waals surface area contributed by atoms with Crippen LogP contribution in [0.3, 0.4) is 0 Å². The molecule has 1 N–H and O–H groups in total. The molecule has 34 heavy (non-hydrogen) atoms. The van der Waals surface area contributed by atoms with Crippen LogP contribution < -0.4 is 14.4 Å². The number of hydrogen-bond acceptors (Lipinski definition) is 7. The number of rotatable bonds is 6. The SMILES string of the molecule is CNC(=O)c1c(-c2ccc(F)cc2)oc2cc(N(C)SC)c3c(c12)CC(CN1CCOCC1)O3. The lowest BCUT2D eigenvalue weighted by atomic mass is 9.97. The lowest BCUT2D eigenvalue weighted by Crippen LogP contribution is -2.42. The van der Waals surface area contributed by atoms with Crippen molar-refractivity contribution in [3.63, 3.8) is 0 Å². The molecule has 180 valence electrons. The highest BCUT2D eigenvalue weighted by Crippen LogP contribution is 2.48. The van der Waals surface area contributed by atoms with Crippen LogP contribution in [0.1, 0.15) is 15.9 Å². The van der Waals surface area contributed by atoms with E-state index in [0.29, 0.717) is 28.9 Å². The third-order valence-corrected chi connectivity index (χ3v) is 7.21. The number of carbonyl (C=O) groups is 1. The molecule has 1 fully saturated rings. The smallest absolute Gasteiger partial charge is 0.255 e. The van der Waals surface area contributed by atoms with Crippen molar-refractivity contribution in [2.24, 2.45) is 0 Å². The number of fused-ring (bicyclic) bond motifs is 3. The molecule has 7 nitrogen and oxygen atoms in total. The fourth-order valence-corrected chi connectivity index (χ4v) is 5.05. The molecule has 0 spiro atoms. The second-order valence-electron chi connectivity index (χ2n) is 8.51. The quantitative estimate of drug-likeness (QED) is 0.531. The zero-order valence-corrected chi connectivity index (χ0v) is 20.3. The zero-order chi connectivity index (χ0) is 23.8. The van der Waals surface area contributed by atoms with E-state index in [1.54, 1.807) is 31.1 Å². The van der Waals surface area contributed by atoms with Gasteiger partial charge < -0.3 is 23.5 Å². The lowest BCUT2D eigenvalue weighted by Gasteiger charge is -2.28. The van der Waals surface area contributed by atoms with Crippen molar-refractivity contribution >= 4 is 34.5 Å². The van der Waals surface area contributed by atoms with E-state index in [2.05, 4.69) is 10.2 Å². The van der Waals surface area contributed by atoms with Gasteiger partial charge in [-0.25, -0.2) is 4.39 Å². The number of halogens is 1. The highest BCUT2D eigenvalue weighted by atomic mass is 32.2. The normalized spacial score (nSPS) is 18.1. The number of anilines is 1. The van der Waals surface area contributed by atoms with Gasteiger partial charge in [0.05, 0.1) is 24.5 Å². The van der Waals surface area contributed by atoms with Crippen LogP contribution in [0.25, 0.3) is 22.3 Å². The number of benzene rings is 2. The minimum Gasteiger partial charge on any atom is -0.486 e. The number of morpholine rings is 1. The van der Waals surface area contributed by atoms with E-state index in [0.717, 1.165) is 55.2 Å². The molecule has 1 aromatic heterocycles. The molecule has 2 aromatic carbocycles. The maximum Gasteiger partial charge on any atom is 0.255 e. The first-order valence-corrected chi connectivity index (χ1v) is 12.5. The largest absolute Gasteiger partial charge is 0.486 e. The number of carbonyl (C=O) groups excluding carboxylic acids is 1. The minimum absolute atomic E-state index is 0.0329. The van der Waals surface area contributed by atoms with Gasteiger partial charge in [0.2, 0.25) is 0 Å². The van der Waals surface area contributed by atoms with Crippen molar-refractivity contribution in [3.05, 3.63) is 47.3 Å². The standard InChI is InChI=1S/C25H28FN3O4S/c1-27-25(30)22-21-18-12-17(14-29-8-10-31-11-9-29)32-24(18)19(28(2)34-3)13-20(21)33-23(22)15-4-6-16(26)7-5-15/h4-7,13,17H,8-12,14H2,1-3H3,(H,27,30). The van der Waals surface area contributed by atoms with Crippen LogP contribution >= 0.6 is 11.9 Å². The summed E-state index contributed by atoms with van der Waals surface area (Å²) in [5.41, 5.74) is 3.59. The summed E-state index contributed by atoms with van der Waals surface area (Å²) < 4.78 is 33.9. The summed E-state index contributed by atoms with van der Waals surface area (Å²) in [7, 11) is 3.58. The Bertz CT molecular complexity index is 1210. The molecule has 0 radical (unpaired) electrons. The van der Waals surface area contributed by atoms with E-state index in [1.807, 2.05) is 23.7 Å². The van der Waals surface area contributed by atoms with Gasteiger partial charge in [-0.3, -0.25) is 9.69 Å². The third-order valence-electron chi connectivity index (χ3n) is 6.47. The minimum atomic E-state index is -0.342. The average molecular weight is 486 g/mol. The van der Waals surface area contributed by atoms with E-state index in [1.165, 1.54) is 12.1 Å². The number of amides is 1. The summed E-state index contributed by atoms with van der Waals surface area (Å²) in [6.07, 6.45) is 2.64. The first kappa shape index (κ1) is 23.0. The van der Waals surface area contributed by atoms with Gasteiger partial charge in [-0.1, -0.05) is 11.9 Å². The maximum absolute atomic E-state index is 13.6. The van der Waals surface area contributed by atoms with Crippen LogP contribution in [0.15, 0.2) is 34.7 Å². The summed E-state index contributed by atoms with van der Waals surface area (Å²) in [4.78, 5) is 15.5. The average Bonchev–Trinajstić information content (AvgIpc) is 3.45. The molecule has 9 heteroatoms. The Labute approximate surface area is 202 Å². The van der Waals surface area contributed by atoms with Crippen LogP contribution in [0, 0.1) is 5.82 Å². The molecule has 1 atom stereocenters.